The maximum atomic E-state index is 12.0. The van der Waals surface area contributed by atoms with E-state index in [1.165, 1.54) is 5.56 Å². The number of hydrogen-bond acceptors (Lipinski definition) is 8. The Bertz CT molecular complexity index is 1060. The van der Waals surface area contributed by atoms with Crippen LogP contribution in [-0.4, -0.2) is 29.0 Å². The van der Waals surface area contributed by atoms with Gasteiger partial charge in [0, 0.05) is 31.3 Å². The lowest BCUT2D eigenvalue weighted by Crippen LogP contribution is -2.15. The Labute approximate surface area is 168 Å². The first kappa shape index (κ1) is 20.1. The summed E-state index contributed by atoms with van der Waals surface area (Å²) >= 11 is 1.62. The Balaban J connectivity index is 1.86. The highest BCUT2D eigenvalue weighted by atomic mass is 32.2. The van der Waals surface area contributed by atoms with Crippen molar-refractivity contribution in [3.63, 3.8) is 0 Å². The third kappa shape index (κ3) is 4.44. The average molecular weight is 400 g/mol. The third-order valence-electron chi connectivity index (χ3n) is 4.41. The topological polar surface area (TPSA) is 98.1 Å². The first-order valence-corrected chi connectivity index (χ1v) is 10.2. The van der Waals surface area contributed by atoms with E-state index < -0.39 is 0 Å². The van der Waals surface area contributed by atoms with Gasteiger partial charge in [0.05, 0.1) is 5.75 Å². The molecular weight excluding hydrogens is 374 g/mol. The van der Waals surface area contributed by atoms with Crippen LogP contribution in [-0.2, 0) is 11.5 Å². The maximum absolute atomic E-state index is 12.0. The zero-order valence-electron chi connectivity index (χ0n) is 16.8. The number of anilines is 2. The van der Waals surface area contributed by atoms with E-state index in [0.717, 1.165) is 16.5 Å². The predicted octanol–water partition coefficient (Wildman–Crippen LogP) is 3.49. The van der Waals surface area contributed by atoms with Crippen LogP contribution in [0.25, 0.3) is 11.0 Å². The monoisotopic (exact) mass is 399 g/mol. The molecule has 2 aromatic heterocycles. The van der Waals surface area contributed by atoms with Crippen molar-refractivity contribution >= 4 is 34.6 Å². The van der Waals surface area contributed by atoms with E-state index in [-0.39, 0.29) is 11.6 Å². The van der Waals surface area contributed by atoms with Crippen molar-refractivity contribution in [1.29, 1.82) is 0 Å². The molecule has 2 N–H and O–H groups in total. The quantitative estimate of drug-likeness (QED) is 0.629. The molecule has 0 saturated carbocycles. The molecule has 0 atom stereocenters. The van der Waals surface area contributed by atoms with Crippen LogP contribution in [0.5, 0.6) is 0 Å². The molecule has 0 spiro atoms. The molecule has 0 saturated heterocycles. The van der Waals surface area contributed by atoms with Crippen LogP contribution in [0.1, 0.15) is 42.3 Å². The van der Waals surface area contributed by atoms with Gasteiger partial charge in [-0.3, -0.25) is 0 Å². The Morgan fingerprint density at radius 3 is 2.57 bits per heavy atom. The van der Waals surface area contributed by atoms with Crippen molar-refractivity contribution in [2.24, 2.45) is 0 Å². The molecule has 8 heteroatoms. The van der Waals surface area contributed by atoms with Crippen molar-refractivity contribution < 1.29 is 4.42 Å². The van der Waals surface area contributed by atoms with Gasteiger partial charge in [-0.25, -0.2) is 4.79 Å². The van der Waals surface area contributed by atoms with Crippen molar-refractivity contribution in [2.75, 3.05) is 24.7 Å². The molecular formula is C20H25N5O2S. The molecule has 0 bridgehead atoms. The molecule has 0 aliphatic rings. The van der Waals surface area contributed by atoms with E-state index in [4.69, 9.17) is 10.2 Å². The normalized spacial score (nSPS) is 11.4. The highest BCUT2D eigenvalue weighted by Crippen LogP contribution is 2.29. The summed E-state index contributed by atoms with van der Waals surface area (Å²) < 4.78 is 5.42. The molecule has 0 unspecified atom stereocenters. The van der Waals surface area contributed by atoms with E-state index in [2.05, 4.69) is 34.9 Å². The van der Waals surface area contributed by atoms with Gasteiger partial charge in [0.25, 0.3) is 0 Å². The fourth-order valence-corrected chi connectivity index (χ4v) is 3.95. The standard InChI is InChI=1S/C20H25N5O2S/c1-11(2)14-8-15-13(7-18(26)27-16(15)6-12(14)3)9-28-10-17-22-19(21)24-20(23-17)25(4)5/h6-8,11H,9-10H2,1-5H3,(H2,21,22,23,24). The number of rotatable bonds is 6. The highest BCUT2D eigenvalue weighted by molar-refractivity contribution is 7.97. The lowest BCUT2D eigenvalue weighted by Gasteiger charge is -2.13. The Morgan fingerprint density at radius 1 is 1.14 bits per heavy atom. The lowest BCUT2D eigenvalue weighted by molar-refractivity contribution is 0.559. The van der Waals surface area contributed by atoms with Crippen LogP contribution in [0.15, 0.2) is 27.4 Å². The van der Waals surface area contributed by atoms with Crippen LogP contribution in [0.2, 0.25) is 0 Å². The van der Waals surface area contributed by atoms with Crippen LogP contribution in [0.3, 0.4) is 0 Å². The first-order valence-electron chi connectivity index (χ1n) is 9.07. The second kappa shape index (κ2) is 8.18. The van der Waals surface area contributed by atoms with Crippen molar-refractivity contribution in [2.45, 2.75) is 38.2 Å². The lowest BCUT2D eigenvalue weighted by atomic mass is 9.95. The SMILES string of the molecule is Cc1cc2oc(=O)cc(CSCc3nc(N)nc(N(C)C)n3)c2cc1C(C)C. The van der Waals surface area contributed by atoms with Gasteiger partial charge in [-0.2, -0.15) is 15.0 Å². The van der Waals surface area contributed by atoms with Gasteiger partial charge in [-0.1, -0.05) is 13.8 Å². The van der Waals surface area contributed by atoms with Crippen molar-refractivity contribution in [3.8, 4) is 0 Å². The highest BCUT2D eigenvalue weighted by Gasteiger charge is 2.12. The molecule has 0 aliphatic carbocycles. The number of aromatic nitrogens is 3. The maximum Gasteiger partial charge on any atom is 0.336 e. The van der Waals surface area contributed by atoms with Crippen LogP contribution < -0.4 is 16.3 Å². The second-order valence-corrected chi connectivity index (χ2v) is 8.23. The van der Waals surface area contributed by atoms with E-state index in [1.807, 2.05) is 27.1 Å². The third-order valence-corrected chi connectivity index (χ3v) is 5.39. The summed E-state index contributed by atoms with van der Waals surface area (Å²) in [4.78, 5) is 26.5. The summed E-state index contributed by atoms with van der Waals surface area (Å²) in [5.74, 6) is 2.97. The smallest absolute Gasteiger partial charge is 0.336 e. The molecule has 0 aliphatic heterocycles. The molecule has 28 heavy (non-hydrogen) atoms. The molecule has 1 aromatic carbocycles. The predicted molar refractivity (Wildman–Crippen MR) is 115 cm³/mol. The summed E-state index contributed by atoms with van der Waals surface area (Å²) in [6.07, 6.45) is 0. The molecule has 3 rings (SSSR count). The summed E-state index contributed by atoms with van der Waals surface area (Å²) in [7, 11) is 3.71. The minimum Gasteiger partial charge on any atom is -0.423 e. The van der Waals surface area contributed by atoms with Gasteiger partial charge in [0.1, 0.15) is 11.4 Å². The zero-order valence-corrected chi connectivity index (χ0v) is 17.6. The minimum absolute atomic E-state index is 0.206. The molecule has 7 nitrogen and oxygen atoms in total. The van der Waals surface area contributed by atoms with Gasteiger partial charge in [0.15, 0.2) is 0 Å². The molecule has 0 radical (unpaired) electrons. The van der Waals surface area contributed by atoms with Crippen LogP contribution in [0.4, 0.5) is 11.9 Å². The number of fused-ring (bicyclic) bond motifs is 1. The Morgan fingerprint density at radius 2 is 1.89 bits per heavy atom. The van der Waals surface area contributed by atoms with E-state index in [1.54, 1.807) is 22.7 Å². The van der Waals surface area contributed by atoms with Gasteiger partial charge < -0.3 is 15.1 Å². The fourth-order valence-electron chi connectivity index (χ4n) is 3.07. The van der Waals surface area contributed by atoms with Gasteiger partial charge >= 0.3 is 5.63 Å². The van der Waals surface area contributed by atoms with Gasteiger partial charge in [-0.15, -0.1) is 11.8 Å². The van der Waals surface area contributed by atoms with E-state index in [0.29, 0.717) is 34.8 Å². The molecule has 0 amide bonds. The largest absolute Gasteiger partial charge is 0.423 e. The Hall–Kier alpha value is -2.61. The zero-order chi connectivity index (χ0) is 20.4. The van der Waals surface area contributed by atoms with Crippen LogP contribution >= 0.6 is 11.8 Å². The summed E-state index contributed by atoms with van der Waals surface area (Å²) in [6.45, 7) is 6.37. The van der Waals surface area contributed by atoms with Gasteiger partial charge in [0.2, 0.25) is 11.9 Å². The second-order valence-electron chi connectivity index (χ2n) is 7.25. The Kier molecular flexibility index (Phi) is 5.88. The summed E-state index contributed by atoms with van der Waals surface area (Å²) in [5, 5.41) is 0.977. The first-order chi connectivity index (χ1) is 13.2. The van der Waals surface area contributed by atoms with Crippen molar-refractivity contribution in [3.05, 3.63) is 51.1 Å². The summed E-state index contributed by atoms with van der Waals surface area (Å²) in [6, 6.07) is 5.66. The minimum atomic E-state index is -0.334. The molecule has 0 fully saturated rings. The van der Waals surface area contributed by atoms with E-state index >= 15 is 0 Å². The molecule has 3 aromatic rings. The fraction of sp³-hybridized carbons (Fsp3) is 0.400. The van der Waals surface area contributed by atoms with Crippen molar-refractivity contribution in [1.82, 2.24) is 15.0 Å². The summed E-state index contributed by atoms with van der Waals surface area (Å²) in [5.41, 5.74) is 9.42. The molecule has 2 heterocycles. The van der Waals surface area contributed by atoms with Crippen LogP contribution in [0, 0.1) is 6.92 Å². The molecule has 148 valence electrons. The number of nitrogens with two attached hydrogens (primary N) is 1. The van der Waals surface area contributed by atoms with Gasteiger partial charge in [-0.05, 0) is 41.7 Å². The van der Waals surface area contributed by atoms with E-state index in [9.17, 15) is 4.79 Å². The number of nitrogens with zero attached hydrogens (tertiary/aromatic N) is 4. The number of aryl methyl sites for hydroxylation is 1. The number of nitrogen functional groups attached to an aromatic ring is 1. The number of hydrogen-bond donors (Lipinski definition) is 1. The number of benzene rings is 1. The number of thioether (sulfide) groups is 1. The average Bonchev–Trinajstić information content (AvgIpc) is 2.60.